The van der Waals surface area contributed by atoms with E-state index in [0.717, 1.165) is 31.4 Å². The Kier molecular flexibility index (Phi) is 6.86. The number of hydrogen-bond donors (Lipinski definition) is 1. The summed E-state index contributed by atoms with van der Waals surface area (Å²) in [6.45, 7) is 7.98. The van der Waals surface area contributed by atoms with Crippen LogP contribution in [0.5, 0.6) is 0 Å². The van der Waals surface area contributed by atoms with Crippen LogP contribution in [-0.4, -0.2) is 53.5 Å². The van der Waals surface area contributed by atoms with E-state index in [9.17, 15) is 9.59 Å². The van der Waals surface area contributed by atoms with Crippen LogP contribution in [0.1, 0.15) is 46.5 Å². The van der Waals surface area contributed by atoms with Crippen molar-refractivity contribution in [3.05, 3.63) is 0 Å². The molecular formula is C15H28N2O2S. The van der Waals surface area contributed by atoms with Crippen LogP contribution in [0, 0.1) is 5.41 Å². The van der Waals surface area contributed by atoms with Crippen molar-refractivity contribution in [1.82, 2.24) is 9.80 Å². The molecule has 0 aromatic rings. The maximum absolute atomic E-state index is 12.2. The highest BCUT2D eigenvalue weighted by molar-refractivity contribution is 7.80. The molecule has 20 heavy (non-hydrogen) atoms. The zero-order chi connectivity index (χ0) is 15.2. The zero-order valence-corrected chi connectivity index (χ0v) is 13.9. The Morgan fingerprint density at radius 2 is 1.50 bits per heavy atom. The summed E-state index contributed by atoms with van der Waals surface area (Å²) in [5.74, 6) is 0.905. The van der Waals surface area contributed by atoms with Gasteiger partial charge in [0.2, 0.25) is 11.8 Å². The highest BCUT2D eigenvalue weighted by atomic mass is 32.1. The van der Waals surface area contributed by atoms with Crippen LogP contribution in [0.25, 0.3) is 0 Å². The van der Waals surface area contributed by atoms with Gasteiger partial charge >= 0.3 is 0 Å². The molecular weight excluding hydrogens is 272 g/mol. The van der Waals surface area contributed by atoms with Crippen molar-refractivity contribution in [2.45, 2.75) is 46.5 Å². The predicted octanol–water partition coefficient (Wildman–Crippen LogP) is 2.19. The van der Waals surface area contributed by atoms with Crippen LogP contribution in [0.2, 0.25) is 0 Å². The number of nitrogens with zero attached hydrogens (tertiary/aromatic N) is 2. The number of amides is 2. The first kappa shape index (κ1) is 17.3. The van der Waals surface area contributed by atoms with Gasteiger partial charge in [0.25, 0.3) is 0 Å². The Labute approximate surface area is 128 Å². The molecule has 1 heterocycles. The van der Waals surface area contributed by atoms with Crippen LogP contribution in [-0.2, 0) is 9.59 Å². The van der Waals surface area contributed by atoms with Crippen molar-refractivity contribution in [2.75, 3.05) is 31.9 Å². The second-order valence-corrected chi connectivity index (χ2v) is 6.13. The van der Waals surface area contributed by atoms with E-state index in [4.69, 9.17) is 0 Å². The topological polar surface area (TPSA) is 40.6 Å². The molecule has 0 saturated carbocycles. The number of carbonyl (C=O) groups is 2. The molecule has 1 fully saturated rings. The van der Waals surface area contributed by atoms with E-state index in [-0.39, 0.29) is 30.3 Å². The lowest BCUT2D eigenvalue weighted by atomic mass is 9.80. The van der Waals surface area contributed by atoms with Crippen LogP contribution >= 0.6 is 12.6 Å². The average molecular weight is 300 g/mol. The summed E-state index contributed by atoms with van der Waals surface area (Å²) in [6.07, 6.45) is 4.27. The van der Waals surface area contributed by atoms with Crippen molar-refractivity contribution in [2.24, 2.45) is 5.41 Å². The van der Waals surface area contributed by atoms with Crippen LogP contribution in [0.4, 0.5) is 0 Å². The normalized spacial score (nSPS) is 17.0. The van der Waals surface area contributed by atoms with E-state index in [1.807, 2.05) is 6.92 Å². The molecule has 0 N–H and O–H groups in total. The summed E-state index contributed by atoms with van der Waals surface area (Å²) < 4.78 is 0. The number of piperazine rings is 1. The van der Waals surface area contributed by atoms with Gasteiger partial charge in [0, 0.05) is 13.1 Å². The van der Waals surface area contributed by atoms with Gasteiger partial charge in [0.15, 0.2) is 0 Å². The van der Waals surface area contributed by atoms with E-state index in [1.54, 1.807) is 9.80 Å². The summed E-state index contributed by atoms with van der Waals surface area (Å²) in [4.78, 5) is 27.6. The largest absolute Gasteiger partial charge is 0.332 e. The number of rotatable bonds is 8. The second kappa shape index (κ2) is 7.91. The van der Waals surface area contributed by atoms with E-state index in [2.05, 4.69) is 26.5 Å². The zero-order valence-electron chi connectivity index (χ0n) is 13.0. The van der Waals surface area contributed by atoms with E-state index in [1.165, 1.54) is 0 Å². The minimum atomic E-state index is 0.0525. The highest BCUT2D eigenvalue weighted by Crippen LogP contribution is 2.33. The van der Waals surface area contributed by atoms with Crippen molar-refractivity contribution in [3.63, 3.8) is 0 Å². The minimum absolute atomic E-state index is 0.0525. The third-order valence-electron chi connectivity index (χ3n) is 4.16. The molecule has 0 aromatic heterocycles. The van der Waals surface area contributed by atoms with Gasteiger partial charge in [-0.1, -0.05) is 26.7 Å². The molecule has 0 bridgehead atoms. The molecule has 4 nitrogen and oxygen atoms in total. The van der Waals surface area contributed by atoms with E-state index < -0.39 is 0 Å². The average Bonchev–Trinajstić information content (AvgIpc) is 2.43. The van der Waals surface area contributed by atoms with Gasteiger partial charge in [-0.3, -0.25) is 9.59 Å². The maximum atomic E-state index is 12.2. The third kappa shape index (κ3) is 4.14. The lowest BCUT2D eigenvalue weighted by molar-refractivity contribution is -0.151. The van der Waals surface area contributed by atoms with Crippen LogP contribution in [0.3, 0.4) is 0 Å². The van der Waals surface area contributed by atoms with Gasteiger partial charge in [-0.25, -0.2) is 0 Å². The molecule has 5 heteroatoms. The monoisotopic (exact) mass is 300 g/mol. The lowest BCUT2D eigenvalue weighted by Gasteiger charge is -2.40. The molecule has 0 radical (unpaired) electrons. The van der Waals surface area contributed by atoms with Gasteiger partial charge in [-0.2, -0.15) is 12.6 Å². The van der Waals surface area contributed by atoms with Gasteiger partial charge in [-0.15, -0.1) is 0 Å². The molecule has 116 valence electrons. The van der Waals surface area contributed by atoms with Crippen molar-refractivity contribution < 1.29 is 9.59 Å². The SMILES string of the molecule is CCCC(CS)(CCC)CN1CC(=O)N(CC)CC1=O. The molecule has 1 aliphatic rings. The highest BCUT2D eigenvalue weighted by Gasteiger charge is 2.35. The third-order valence-corrected chi connectivity index (χ3v) is 4.83. The Balaban J connectivity index is 2.77. The first-order chi connectivity index (χ1) is 9.51. The Morgan fingerprint density at radius 3 is 1.95 bits per heavy atom. The van der Waals surface area contributed by atoms with E-state index >= 15 is 0 Å². The number of likely N-dealkylation sites (N-methyl/N-ethyl adjacent to an activating group) is 1. The minimum Gasteiger partial charge on any atom is -0.332 e. The molecule has 0 aliphatic carbocycles. The first-order valence-corrected chi connectivity index (χ1v) is 8.31. The van der Waals surface area contributed by atoms with Gasteiger partial charge in [0.1, 0.15) is 0 Å². The van der Waals surface area contributed by atoms with Crippen molar-refractivity contribution in [3.8, 4) is 0 Å². The number of hydrogen-bond acceptors (Lipinski definition) is 3. The molecule has 1 saturated heterocycles. The summed E-state index contributed by atoms with van der Waals surface area (Å²) >= 11 is 4.52. The quantitative estimate of drug-likeness (QED) is 0.698. The second-order valence-electron chi connectivity index (χ2n) is 5.82. The molecule has 1 rings (SSSR count). The molecule has 0 atom stereocenters. The van der Waals surface area contributed by atoms with Gasteiger partial charge < -0.3 is 9.80 Å². The summed E-state index contributed by atoms with van der Waals surface area (Å²) in [7, 11) is 0. The fourth-order valence-corrected chi connectivity index (χ4v) is 3.51. The van der Waals surface area contributed by atoms with Gasteiger partial charge in [0.05, 0.1) is 13.1 Å². The molecule has 0 unspecified atom stereocenters. The number of thiol groups is 1. The Hall–Kier alpha value is -0.710. The summed E-state index contributed by atoms with van der Waals surface area (Å²) in [5, 5.41) is 0. The standard InChI is InChI=1S/C15H28N2O2S/c1-4-7-15(12-20,8-5-2)11-17-10-13(18)16(6-3)9-14(17)19/h20H,4-12H2,1-3H3. The Bertz CT molecular complexity index is 341. The Morgan fingerprint density at radius 1 is 1.00 bits per heavy atom. The van der Waals surface area contributed by atoms with Crippen LogP contribution in [0.15, 0.2) is 0 Å². The smallest absolute Gasteiger partial charge is 0.242 e. The molecule has 1 aliphatic heterocycles. The molecule has 0 spiro atoms. The molecule has 0 aromatic carbocycles. The van der Waals surface area contributed by atoms with Crippen LogP contribution < -0.4 is 0 Å². The fraction of sp³-hybridized carbons (Fsp3) is 0.867. The number of carbonyl (C=O) groups excluding carboxylic acids is 2. The van der Waals surface area contributed by atoms with E-state index in [0.29, 0.717) is 13.1 Å². The van der Waals surface area contributed by atoms with Crippen molar-refractivity contribution >= 4 is 24.4 Å². The summed E-state index contributed by atoms with van der Waals surface area (Å²) in [6, 6.07) is 0. The lowest BCUT2D eigenvalue weighted by Crippen LogP contribution is -2.56. The molecule has 2 amide bonds. The summed E-state index contributed by atoms with van der Waals surface area (Å²) in [5.41, 5.74) is 0.0525. The predicted molar refractivity (Wildman–Crippen MR) is 84.9 cm³/mol. The maximum Gasteiger partial charge on any atom is 0.242 e. The van der Waals surface area contributed by atoms with Crippen molar-refractivity contribution in [1.29, 1.82) is 0 Å². The fourth-order valence-electron chi connectivity index (χ4n) is 3.09. The first-order valence-electron chi connectivity index (χ1n) is 7.68. The van der Waals surface area contributed by atoms with Gasteiger partial charge in [-0.05, 0) is 30.9 Å².